The maximum absolute atomic E-state index is 14.1. The van der Waals surface area contributed by atoms with E-state index in [0.717, 1.165) is 6.20 Å². The molecule has 1 saturated heterocycles. The Kier molecular flexibility index (Phi) is 5.25. The van der Waals surface area contributed by atoms with Crippen LogP contribution in [0.2, 0.25) is 0 Å². The summed E-state index contributed by atoms with van der Waals surface area (Å²) in [6, 6.07) is 9.85. The van der Waals surface area contributed by atoms with Gasteiger partial charge < -0.3 is 20.5 Å². The van der Waals surface area contributed by atoms with Crippen molar-refractivity contribution >= 4 is 22.6 Å². The van der Waals surface area contributed by atoms with E-state index in [2.05, 4.69) is 10.3 Å². The number of Topliss-reactive ketones (excluding diaryl/α,β-unsaturated/α-hetero) is 1. The topological polar surface area (TPSA) is 101 Å². The third-order valence-electron chi connectivity index (χ3n) is 5.50. The molecule has 0 spiro atoms. The van der Waals surface area contributed by atoms with E-state index in [0.29, 0.717) is 10.8 Å². The van der Waals surface area contributed by atoms with Gasteiger partial charge in [-0.1, -0.05) is 30.3 Å². The van der Waals surface area contributed by atoms with E-state index < -0.39 is 35.7 Å². The molecule has 2 aromatic carbocycles. The summed E-state index contributed by atoms with van der Waals surface area (Å²) < 4.78 is 47.7. The summed E-state index contributed by atoms with van der Waals surface area (Å²) in [6.45, 7) is 0. The fourth-order valence-corrected chi connectivity index (χ4v) is 4.04. The minimum absolute atomic E-state index is 0.144. The van der Waals surface area contributed by atoms with Gasteiger partial charge in [0.15, 0.2) is 5.78 Å². The Balaban J connectivity index is 2.00. The van der Waals surface area contributed by atoms with Gasteiger partial charge in [-0.3, -0.25) is 9.78 Å². The van der Waals surface area contributed by atoms with Crippen LogP contribution in [0.1, 0.15) is 22.0 Å². The monoisotopic (exact) mass is 445 g/mol. The first-order chi connectivity index (χ1) is 15.2. The number of benzene rings is 2. The predicted molar refractivity (Wildman–Crippen MR) is 108 cm³/mol. The van der Waals surface area contributed by atoms with E-state index in [1.165, 1.54) is 36.8 Å². The number of nitrogens with one attached hydrogen (secondary N) is 2. The van der Waals surface area contributed by atoms with E-state index in [4.69, 9.17) is 4.74 Å². The van der Waals surface area contributed by atoms with Crippen LogP contribution in [0.5, 0.6) is 5.75 Å². The normalized spacial score (nSPS) is 23.3. The van der Waals surface area contributed by atoms with Gasteiger partial charge in [0.2, 0.25) is 5.72 Å². The van der Waals surface area contributed by atoms with Gasteiger partial charge in [0, 0.05) is 23.5 Å². The number of nitrogens with zero attached hydrogens (tertiary/aromatic N) is 1. The molecule has 3 unspecified atom stereocenters. The number of ketones is 1. The summed E-state index contributed by atoms with van der Waals surface area (Å²) in [5.74, 6) is -3.07. The van der Waals surface area contributed by atoms with Crippen molar-refractivity contribution in [3.05, 3.63) is 72.1 Å². The average molecular weight is 445 g/mol. The van der Waals surface area contributed by atoms with E-state index in [-0.39, 0.29) is 16.9 Å². The molecule has 166 valence electrons. The van der Waals surface area contributed by atoms with Gasteiger partial charge in [0.05, 0.1) is 13.2 Å². The minimum atomic E-state index is -5.36. The molecule has 3 atom stereocenters. The molecule has 0 bridgehead atoms. The number of fused-ring (bicyclic) bond motifs is 1. The molecule has 3 N–H and O–H groups in total. The number of methoxy groups -OCH3 is 1. The summed E-state index contributed by atoms with van der Waals surface area (Å²) in [7, 11) is 1.32. The van der Waals surface area contributed by atoms with Crippen molar-refractivity contribution in [1.82, 2.24) is 15.6 Å². The number of ether oxygens (including phenoxy) is 1. The highest BCUT2D eigenvalue weighted by Gasteiger charge is 2.66. The van der Waals surface area contributed by atoms with Gasteiger partial charge in [0.1, 0.15) is 11.7 Å². The zero-order valence-corrected chi connectivity index (χ0v) is 16.7. The second-order valence-corrected chi connectivity index (χ2v) is 7.33. The molecule has 0 radical (unpaired) electrons. The Bertz CT molecular complexity index is 1190. The number of aromatic nitrogens is 1. The molecule has 1 aromatic heterocycles. The van der Waals surface area contributed by atoms with Crippen molar-refractivity contribution in [3.8, 4) is 5.75 Å². The van der Waals surface area contributed by atoms with Crippen LogP contribution in [-0.4, -0.2) is 40.9 Å². The maximum Gasteiger partial charge on any atom is 0.437 e. The number of rotatable bonds is 4. The summed E-state index contributed by atoms with van der Waals surface area (Å²) in [6.07, 6.45) is -2.89. The molecule has 1 fully saturated rings. The quantitative estimate of drug-likeness (QED) is 0.535. The van der Waals surface area contributed by atoms with Crippen molar-refractivity contribution in [1.29, 1.82) is 0 Å². The summed E-state index contributed by atoms with van der Waals surface area (Å²) >= 11 is 0. The smallest absolute Gasteiger partial charge is 0.437 e. The Labute approximate surface area is 180 Å². The van der Waals surface area contributed by atoms with Gasteiger partial charge in [-0.25, -0.2) is 4.79 Å². The number of carbonyl (C=O) groups excluding carboxylic acids is 2. The second-order valence-electron chi connectivity index (χ2n) is 7.33. The Morgan fingerprint density at radius 1 is 1.16 bits per heavy atom. The van der Waals surface area contributed by atoms with Gasteiger partial charge in [-0.2, -0.15) is 13.2 Å². The van der Waals surface area contributed by atoms with Crippen LogP contribution in [-0.2, 0) is 0 Å². The largest absolute Gasteiger partial charge is 0.496 e. The van der Waals surface area contributed by atoms with Crippen LogP contribution in [0, 0.1) is 5.92 Å². The van der Waals surface area contributed by atoms with Crippen molar-refractivity contribution in [3.63, 3.8) is 0 Å². The number of pyridine rings is 1. The first-order valence-corrected chi connectivity index (χ1v) is 9.55. The Morgan fingerprint density at radius 3 is 2.56 bits per heavy atom. The third kappa shape index (κ3) is 3.42. The summed E-state index contributed by atoms with van der Waals surface area (Å²) in [5, 5.41) is 15.8. The lowest BCUT2D eigenvalue weighted by atomic mass is 9.76. The number of amides is 2. The molecule has 3 aromatic rings. The highest BCUT2D eigenvalue weighted by atomic mass is 19.4. The van der Waals surface area contributed by atoms with Crippen molar-refractivity contribution in [2.45, 2.75) is 17.9 Å². The molecule has 7 nitrogen and oxygen atoms in total. The van der Waals surface area contributed by atoms with Crippen molar-refractivity contribution < 1.29 is 32.6 Å². The van der Waals surface area contributed by atoms with Gasteiger partial charge in [-0.15, -0.1) is 0 Å². The van der Waals surface area contributed by atoms with E-state index in [9.17, 15) is 27.9 Å². The van der Waals surface area contributed by atoms with Crippen LogP contribution in [0.3, 0.4) is 0 Å². The summed E-state index contributed by atoms with van der Waals surface area (Å²) in [4.78, 5) is 29.4. The number of urea groups is 1. The first kappa shape index (κ1) is 21.6. The molecule has 10 heteroatoms. The number of hydrogen-bond donors (Lipinski definition) is 3. The lowest BCUT2D eigenvalue weighted by molar-refractivity contribution is -0.287. The number of aliphatic hydroxyl groups is 1. The maximum atomic E-state index is 14.1. The molecule has 2 heterocycles. The molecule has 32 heavy (non-hydrogen) atoms. The molecule has 4 rings (SSSR count). The Hall–Kier alpha value is -3.66. The molecular formula is C22H18F3N3O4. The highest BCUT2D eigenvalue weighted by molar-refractivity contribution is 6.01. The highest BCUT2D eigenvalue weighted by Crippen LogP contribution is 2.47. The number of halogens is 3. The SMILES string of the molecule is COc1ccc2ccccc2c1C1NC(=O)NC(O)(C(F)(F)F)C1C(=O)c1cccnc1. The zero-order chi connectivity index (χ0) is 23.1. The molecule has 0 saturated carbocycles. The lowest BCUT2D eigenvalue weighted by Gasteiger charge is -2.45. The Morgan fingerprint density at radius 2 is 1.91 bits per heavy atom. The lowest BCUT2D eigenvalue weighted by Crippen LogP contribution is -2.72. The molecule has 2 amide bonds. The number of alkyl halides is 3. The van der Waals surface area contributed by atoms with Crippen LogP contribution in [0.4, 0.5) is 18.0 Å². The third-order valence-corrected chi connectivity index (χ3v) is 5.50. The van der Waals surface area contributed by atoms with E-state index in [1.54, 1.807) is 30.3 Å². The molecular weight excluding hydrogens is 427 g/mol. The number of carbonyl (C=O) groups is 2. The summed E-state index contributed by atoms with van der Waals surface area (Å²) in [5.41, 5.74) is -3.85. The van der Waals surface area contributed by atoms with E-state index >= 15 is 0 Å². The predicted octanol–water partition coefficient (Wildman–Crippen LogP) is 3.35. The second kappa shape index (κ2) is 7.79. The number of hydrogen-bond acceptors (Lipinski definition) is 5. The van der Waals surface area contributed by atoms with Crippen molar-refractivity contribution in [2.24, 2.45) is 5.92 Å². The van der Waals surface area contributed by atoms with E-state index in [1.807, 2.05) is 0 Å². The fourth-order valence-electron chi connectivity index (χ4n) is 4.04. The minimum Gasteiger partial charge on any atom is -0.496 e. The van der Waals surface area contributed by atoms with Crippen LogP contribution >= 0.6 is 0 Å². The average Bonchev–Trinajstić information content (AvgIpc) is 2.77. The van der Waals surface area contributed by atoms with Crippen LogP contribution < -0.4 is 15.4 Å². The van der Waals surface area contributed by atoms with Crippen molar-refractivity contribution in [2.75, 3.05) is 7.11 Å². The molecule has 1 aliphatic heterocycles. The fraction of sp³-hybridized carbons (Fsp3) is 0.227. The van der Waals surface area contributed by atoms with Gasteiger partial charge in [-0.05, 0) is 29.0 Å². The molecule has 1 aliphatic rings. The molecule has 0 aliphatic carbocycles. The standard InChI is InChI=1S/C22H18F3N3O4/c1-32-15-9-8-12-5-2-3-7-14(12)16(15)18-17(19(29)13-6-4-10-26-11-13)21(31,22(23,24)25)28-20(30)27-18/h2-11,17-18,31H,1H3,(H2,27,28,30). The van der Waals surface area contributed by atoms with Gasteiger partial charge >= 0.3 is 12.2 Å². The van der Waals surface area contributed by atoms with Crippen LogP contribution in [0.25, 0.3) is 10.8 Å². The van der Waals surface area contributed by atoms with Gasteiger partial charge in [0.25, 0.3) is 0 Å². The zero-order valence-electron chi connectivity index (χ0n) is 16.7. The first-order valence-electron chi connectivity index (χ1n) is 9.55. The van der Waals surface area contributed by atoms with Crippen LogP contribution in [0.15, 0.2) is 60.9 Å².